The summed E-state index contributed by atoms with van der Waals surface area (Å²) in [5.74, 6) is -2.54. The number of thiazole rings is 1. The maximum Gasteiger partial charge on any atom is 0.282 e. The molecule has 3 nitrogen and oxygen atoms in total. The number of alkyl halides is 2. The highest BCUT2D eigenvalue weighted by Gasteiger charge is 2.43. The normalized spacial score (nSPS) is 17.6. The zero-order chi connectivity index (χ0) is 12.8. The highest BCUT2D eigenvalue weighted by molar-refractivity contribution is 7.13. The Labute approximate surface area is 107 Å². The summed E-state index contributed by atoms with van der Waals surface area (Å²) in [6.07, 6.45) is 0. The lowest BCUT2D eigenvalue weighted by Gasteiger charge is -2.40. The third kappa shape index (κ3) is 2.03. The van der Waals surface area contributed by atoms with Crippen LogP contribution in [0, 0.1) is 0 Å². The summed E-state index contributed by atoms with van der Waals surface area (Å²) in [7, 11) is 0. The Bertz CT molecular complexity index is 557. The molecule has 0 bridgehead atoms. The number of nitrogens with zero attached hydrogens (tertiary/aromatic N) is 2. The van der Waals surface area contributed by atoms with Crippen molar-refractivity contribution in [2.24, 2.45) is 0 Å². The molecule has 1 aliphatic rings. The number of rotatable bonds is 2. The lowest BCUT2D eigenvalue weighted by molar-refractivity contribution is -0.0262. The zero-order valence-electron chi connectivity index (χ0n) is 9.44. The Morgan fingerprint density at radius 1 is 1.22 bits per heavy atom. The fourth-order valence-electron chi connectivity index (χ4n) is 1.96. The van der Waals surface area contributed by atoms with Crippen molar-refractivity contribution in [3.63, 3.8) is 0 Å². The predicted molar refractivity (Wildman–Crippen MR) is 69.1 cm³/mol. The molecule has 3 rings (SSSR count). The highest BCUT2D eigenvalue weighted by Crippen LogP contribution is 2.33. The molecule has 0 aliphatic carbocycles. The van der Waals surface area contributed by atoms with Gasteiger partial charge in [-0.3, -0.25) is 0 Å². The van der Waals surface area contributed by atoms with E-state index in [1.54, 1.807) is 4.90 Å². The minimum atomic E-state index is -2.54. The van der Waals surface area contributed by atoms with Gasteiger partial charge in [0.15, 0.2) is 5.13 Å². The van der Waals surface area contributed by atoms with Crippen LogP contribution in [0.2, 0.25) is 0 Å². The summed E-state index contributed by atoms with van der Waals surface area (Å²) >= 11 is 1.38. The topological polar surface area (TPSA) is 42.1 Å². The number of halogens is 2. The van der Waals surface area contributed by atoms with E-state index >= 15 is 0 Å². The first kappa shape index (κ1) is 11.4. The molecule has 1 aromatic carbocycles. The number of aromatic nitrogens is 1. The molecular weight excluding hydrogens is 256 g/mol. The molecule has 2 N–H and O–H groups in total. The Hall–Kier alpha value is -1.69. The maximum absolute atomic E-state index is 12.8. The van der Waals surface area contributed by atoms with Crippen LogP contribution in [0.4, 0.5) is 19.6 Å². The summed E-state index contributed by atoms with van der Waals surface area (Å²) in [5.41, 5.74) is 8.14. The van der Waals surface area contributed by atoms with Gasteiger partial charge in [-0.15, -0.1) is 11.3 Å². The lowest BCUT2D eigenvalue weighted by atomic mass is 10.1. The van der Waals surface area contributed by atoms with Crippen LogP contribution in [0.15, 0.2) is 29.6 Å². The first-order valence-corrected chi connectivity index (χ1v) is 6.36. The van der Waals surface area contributed by atoms with Gasteiger partial charge in [0.2, 0.25) is 0 Å². The molecule has 94 valence electrons. The van der Waals surface area contributed by atoms with Gasteiger partial charge >= 0.3 is 0 Å². The summed E-state index contributed by atoms with van der Waals surface area (Å²) in [6.45, 7) is -0.397. The number of benzene rings is 1. The Balaban J connectivity index is 1.78. The van der Waals surface area contributed by atoms with E-state index in [-0.39, 0.29) is 13.1 Å². The molecule has 0 unspecified atom stereocenters. The molecule has 0 atom stereocenters. The second-order valence-corrected chi connectivity index (χ2v) is 5.22. The van der Waals surface area contributed by atoms with Crippen molar-refractivity contribution in [2.45, 2.75) is 5.92 Å². The zero-order valence-corrected chi connectivity index (χ0v) is 10.3. The molecule has 18 heavy (non-hydrogen) atoms. The van der Waals surface area contributed by atoms with Crippen LogP contribution >= 0.6 is 11.3 Å². The quantitative estimate of drug-likeness (QED) is 0.909. The molecule has 0 radical (unpaired) electrons. The highest BCUT2D eigenvalue weighted by atomic mass is 32.1. The first-order chi connectivity index (χ1) is 8.53. The summed E-state index contributed by atoms with van der Waals surface area (Å²) < 4.78 is 25.5. The van der Waals surface area contributed by atoms with Crippen LogP contribution < -0.4 is 10.6 Å². The lowest BCUT2D eigenvalue weighted by Crippen LogP contribution is -2.56. The minimum absolute atomic E-state index is 0.198. The summed E-state index contributed by atoms with van der Waals surface area (Å²) in [5, 5.41) is 2.40. The molecule has 1 aromatic heterocycles. The van der Waals surface area contributed by atoms with Crippen LogP contribution in [0.5, 0.6) is 0 Å². The van der Waals surface area contributed by atoms with E-state index in [9.17, 15) is 8.78 Å². The smallest absolute Gasteiger partial charge is 0.282 e. The molecule has 1 saturated heterocycles. The Morgan fingerprint density at radius 3 is 2.39 bits per heavy atom. The molecule has 2 heterocycles. The van der Waals surface area contributed by atoms with Gasteiger partial charge in [-0.25, -0.2) is 13.8 Å². The van der Waals surface area contributed by atoms with Gasteiger partial charge in [-0.2, -0.15) is 0 Å². The molecular formula is C12H11F2N3S. The van der Waals surface area contributed by atoms with E-state index in [0.29, 0.717) is 5.13 Å². The fourth-order valence-corrected chi connectivity index (χ4v) is 2.53. The van der Waals surface area contributed by atoms with Crippen LogP contribution in [0.1, 0.15) is 0 Å². The fraction of sp³-hybridized carbons (Fsp3) is 0.250. The van der Waals surface area contributed by atoms with Gasteiger partial charge in [0, 0.05) is 16.6 Å². The van der Waals surface area contributed by atoms with Crippen LogP contribution in [-0.2, 0) is 0 Å². The van der Waals surface area contributed by atoms with Gasteiger partial charge in [0.1, 0.15) is 0 Å². The van der Waals surface area contributed by atoms with Gasteiger partial charge in [0.05, 0.1) is 18.8 Å². The second kappa shape index (κ2) is 3.91. The molecule has 0 spiro atoms. The largest absolute Gasteiger partial charge is 0.375 e. The van der Waals surface area contributed by atoms with E-state index in [1.807, 2.05) is 29.6 Å². The number of hydrogen-bond acceptors (Lipinski definition) is 4. The van der Waals surface area contributed by atoms with Crippen molar-refractivity contribution in [3.8, 4) is 11.3 Å². The van der Waals surface area contributed by atoms with Crippen molar-refractivity contribution in [1.29, 1.82) is 0 Å². The Morgan fingerprint density at radius 2 is 1.89 bits per heavy atom. The van der Waals surface area contributed by atoms with Crippen molar-refractivity contribution in [3.05, 3.63) is 29.6 Å². The number of hydrogen-bond donors (Lipinski definition) is 1. The van der Waals surface area contributed by atoms with E-state index in [2.05, 4.69) is 4.98 Å². The van der Waals surface area contributed by atoms with Crippen molar-refractivity contribution in [2.75, 3.05) is 23.7 Å². The van der Waals surface area contributed by atoms with Crippen LogP contribution in [0.3, 0.4) is 0 Å². The third-order valence-corrected chi connectivity index (χ3v) is 3.57. The number of anilines is 2. The standard InChI is InChI=1S/C12H11F2N3S/c13-12(14)6-17(7-12)9-3-1-8(2-4-9)10-5-18-11(15)16-10/h1-5H,6-7H2,(H2,15,16). The number of nitrogens with two attached hydrogens (primary N) is 1. The second-order valence-electron chi connectivity index (χ2n) is 4.33. The van der Waals surface area contributed by atoms with Crippen molar-refractivity contribution in [1.82, 2.24) is 4.98 Å². The van der Waals surface area contributed by atoms with Gasteiger partial charge in [0.25, 0.3) is 5.92 Å². The maximum atomic E-state index is 12.8. The van der Waals surface area contributed by atoms with E-state index in [0.717, 1.165) is 16.9 Å². The summed E-state index contributed by atoms with van der Waals surface area (Å²) in [6, 6.07) is 7.42. The molecule has 6 heteroatoms. The minimum Gasteiger partial charge on any atom is -0.375 e. The van der Waals surface area contributed by atoms with E-state index in [1.165, 1.54) is 11.3 Å². The van der Waals surface area contributed by atoms with E-state index in [4.69, 9.17) is 5.73 Å². The average Bonchev–Trinajstić information content (AvgIpc) is 2.73. The predicted octanol–water partition coefficient (Wildman–Crippen LogP) is 2.85. The average molecular weight is 267 g/mol. The summed E-state index contributed by atoms with van der Waals surface area (Å²) in [4.78, 5) is 5.83. The molecule has 0 amide bonds. The van der Waals surface area contributed by atoms with Gasteiger partial charge in [-0.1, -0.05) is 12.1 Å². The van der Waals surface area contributed by atoms with Crippen LogP contribution in [0.25, 0.3) is 11.3 Å². The van der Waals surface area contributed by atoms with E-state index < -0.39 is 5.92 Å². The van der Waals surface area contributed by atoms with Gasteiger partial charge in [-0.05, 0) is 12.1 Å². The first-order valence-electron chi connectivity index (χ1n) is 5.48. The molecule has 1 aliphatic heterocycles. The monoisotopic (exact) mass is 267 g/mol. The van der Waals surface area contributed by atoms with Gasteiger partial charge < -0.3 is 10.6 Å². The third-order valence-electron chi connectivity index (χ3n) is 2.89. The Kier molecular flexibility index (Phi) is 2.48. The molecule has 2 aromatic rings. The molecule has 0 saturated carbocycles. The van der Waals surface area contributed by atoms with Crippen molar-refractivity contribution >= 4 is 22.2 Å². The molecule has 1 fully saturated rings. The van der Waals surface area contributed by atoms with Crippen molar-refractivity contribution < 1.29 is 8.78 Å². The number of nitrogen functional groups attached to an aromatic ring is 1. The SMILES string of the molecule is Nc1nc(-c2ccc(N3CC(F)(F)C3)cc2)cs1. The van der Waals surface area contributed by atoms with Crippen LogP contribution in [-0.4, -0.2) is 24.0 Å².